The van der Waals surface area contributed by atoms with Gasteiger partial charge in [-0.15, -0.1) is 5.06 Å². The molecule has 2 aromatic carbocycles. The molecule has 0 spiro atoms. The Balaban J connectivity index is 2.33. The molecule has 0 bridgehead atoms. The minimum atomic E-state index is -0.319. The molecule has 3 nitrogen and oxygen atoms in total. The number of amidine groups is 1. The lowest BCUT2D eigenvalue weighted by atomic mass is 10.2. The molecule has 2 aromatic rings. The maximum absolute atomic E-state index is 13.0. The molecular weight excluding hydrogens is 267 g/mol. The van der Waals surface area contributed by atoms with Crippen molar-refractivity contribution in [2.24, 2.45) is 4.99 Å². The van der Waals surface area contributed by atoms with Crippen molar-refractivity contribution in [3.05, 3.63) is 71.2 Å². The highest BCUT2D eigenvalue weighted by Gasteiger charge is 2.17. The summed E-state index contributed by atoms with van der Waals surface area (Å²) in [6.07, 6.45) is 1.75. The Morgan fingerprint density at radius 3 is 2.38 bits per heavy atom. The fraction of sp³-hybridized carbons (Fsp3) is 0.235. The fourth-order valence-electron chi connectivity index (χ4n) is 1.90. The molecule has 0 saturated carbocycles. The van der Waals surface area contributed by atoms with Crippen molar-refractivity contribution in [1.82, 2.24) is 5.06 Å². The lowest BCUT2D eigenvalue weighted by Gasteiger charge is -2.15. The van der Waals surface area contributed by atoms with Crippen LogP contribution in [0, 0.1) is 11.0 Å². The van der Waals surface area contributed by atoms with Crippen LogP contribution in [0.3, 0.4) is 0 Å². The van der Waals surface area contributed by atoms with Gasteiger partial charge in [0.1, 0.15) is 12.4 Å². The summed E-state index contributed by atoms with van der Waals surface area (Å²) in [5.41, 5.74) is 1.32. The number of rotatable bonds is 5. The van der Waals surface area contributed by atoms with Crippen molar-refractivity contribution in [1.29, 1.82) is 0 Å². The van der Waals surface area contributed by atoms with Crippen LogP contribution in [-0.2, 0) is 0 Å². The second-order valence-electron chi connectivity index (χ2n) is 4.73. The summed E-state index contributed by atoms with van der Waals surface area (Å²) in [6.45, 7) is 2.43. The molecule has 0 atom stereocenters. The summed E-state index contributed by atoms with van der Waals surface area (Å²) in [5.74, 6) is 0.0378. The number of hydrogen-bond donors (Lipinski definition) is 0. The average molecular weight is 285 g/mol. The minimum Gasteiger partial charge on any atom is -0.575 e. The van der Waals surface area contributed by atoms with Gasteiger partial charge in [0.15, 0.2) is 0 Å². The second-order valence-corrected chi connectivity index (χ2v) is 4.73. The number of unbranched alkanes of at least 4 members (excludes halogenated alkanes) is 1. The van der Waals surface area contributed by atoms with Crippen LogP contribution in [0.2, 0.25) is 0 Å². The van der Waals surface area contributed by atoms with Gasteiger partial charge in [-0.25, -0.2) is 4.39 Å². The molecule has 0 amide bonds. The molecule has 21 heavy (non-hydrogen) atoms. The van der Waals surface area contributed by atoms with Crippen molar-refractivity contribution in [3.63, 3.8) is 0 Å². The molecule has 0 aliphatic rings. The quantitative estimate of drug-likeness (QED) is 0.348. The van der Waals surface area contributed by atoms with Crippen molar-refractivity contribution >= 4 is 11.5 Å². The average Bonchev–Trinajstić information content (AvgIpc) is 2.53. The molecule has 0 aliphatic heterocycles. The van der Waals surface area contributed by atoms with Gasteiger partial charge in [0, 0.05) is 6.42 Å². The van der Waals surface area contributed by atoms with Crippen molar-refractivity contribution in [2.75, 3.05) is 6.54 Å². The molecule has 109 valence electrons. The van der Waals surface area contributed by atoms with E-state index < -0.39 is 0 Å². The van der Waals surface area contributed by atoms with Gasteiger partial charge in [-0.1, -0.05) is 31.5 Å². The number of aliphatic imine (C=N–C) groups is 1. The zero-order chi connectivity index (χ0) is 15.1. The van der Waals surface area contributed by atoms with E-state index in [2.05, 4.69) is 4.99 Å². The van der Waals surface area contributed by atoms with E-state index in [0.717, 1.165) is 23.5 Å². The van der Waals surface area contributed by atoms with Gasteiger partial charge in [-0.2, -0.15) is 4.99 Å². The Bertz CT molecular complexity index is 581. The number of nitrogens with zero attached hydrogens (tertiary/aromatic N) is 2. The minimum absolute atomic E-state index is 0.319. The van der Waals surface area contributed by atoms with E-state index in [4.69, 9.17) is 0 Å². The van der Waals surface area contributed by atoms with Gasteiger partial charge in [0.05, 0.1) is 11.3 Å². The Labute approximate surface area is 124 Å². The number of halogens is 1. The van der Waals surface area contributed by atoms with Crippen LogP contribution in [0.4, 0.5) is 10.1 Å². The highest BCUT2D eigenvalue weighted by Crippen LogP contribution is 2.16. The molecule has 2 rings (SSSR count). The van der Waals surface area contributed by atoms with Crippen LogP contribution < -0.4 is 5.06 Å². The summed E-state index contributed by atoms with van der Waals surface area (Å²) >= 11 is 0. The molecule has 4 heteroatoms. The molecule has 0 aromatic heterocycles. The highest BCUT2D eigenvalue weighted by molar-refractivity contribution is 6.02. The fourth-order valence-corrected chi connectivity index (χ4v) is 1.90. The molecule has 0 N–H and O–H groups in total. The van der Waals surface area contributed by atoms with E-state index in [1.807, 2.05) is 37.3 Å². The van der Waals surface area contributed by atoms with Gasteiger partial charge in [-0.3, -0.25) is 0 Å². The molecule has 0 heterocycles. The first-order chi connectivity index (χ1) is 10.2. The molecule has 0 unspecified atom stereocenters. The van der Waals surface area contributed by atoms with Crippen LogP contribution in [0.1, 0.15) is 25.3 Å². The summed E-state index contributed by atoms with van der Waals surface area (Å²) in [6, 6.07) is 15.1. The lowest BCUT2D eigenvalue weighted by molar-refractivity contribution is 0.628. The third-order valence-corrected chi connectivity index (χ3v) is 3.04. The second kappa shape index (κ2) is 7.67. The number of hydroxylamine groups is 2. The Hall–Kier alpha value is -2.04. The first-order valence-electron chi connectivity index (χ1n) is 7.05. The van der Waals surface area contributed by atoms with E-state index >= 15 is 0 Å². The number of benzene rings is 2. The van der Waals surface area contributed by atoms with Crippen molar-refractivity contribution in [3.8, 4) is 0 Å². The summed E-state index contributed by atoms with van der Waals surface area (Å²) in [5, 5.41) is 13.2. The third-order valence-electron chi connectivity index (χ3n) is 3.04. The first kappa shape index (κ1) is 15.4. The predicted octanol–water partition coefficient (Wildman–Crippen LogP) is 4.34. The third kappa shape index (κ3) is 4.48. The molecule has 0 fully saturated rings. The van der Waals surface area contributed by atoms with Crippen molar-refractivity contribution < 1.29 is 4.39 Å². The molecule has 0 aliphatic carbocycles. The van der Waals surface area contributed by atoms with Gasteiger partial charge in [0.25, 0.3) is 5.84 Å². The van der Waals surface area contributed by atoms with E-state index in [0.29, 0.717) is 18.1 Å². The summed E-state index contributed by atoms with van der Waals surface area (Å²) in [4.78, 5) is 4.39. The highest BCUT2D eigenvalue weighted by atomic mass is 19.1. The smallest absolute Gasteiger partial charge is 0.285 e. The Kier molecular flexibility index (Phi) is 5.60. The monoisotopic (exact) mass is 285 g/mol. The summed E-state index contributed by atoms with van der Waals surface area (Å²) in [7, 11) is 0. The SMILES string of the molecule is CCCC[N+]([O-])C(=Nc1ccc(F)cc1)c1ccccc1. The van der Waals surface area contributed by atoms with Crippen LogP contribution >= 0.6 is 0 Å². The Morgan fingerprint density at radius 2 is 1.76 bits per heavy atom. The van der Waals surface area contributed by atoms with E-state index in [9.17, 15) is 9.60 Å². The van der Waals surface area contributed by atoms with Crippen LogP contribution in [0.25, 0.3) is 0 Å². The van der Waals surface area contributed by atoms with Gasteiger partial charge in [0.2, 0.25) is 0 Å². The van der Waals surface area contributed by atoms with Crippen LogP contribution in [0.15, 0.2) is 59.6 Å². The normalized spacial score (nSPS) is 11.9. The Morgan fingerprint density at radius 1 is 1.10 bits per heavy atom. The first-order valence-corrected chi connectivity index (χ1v) is 7.05. The molecule has 0 saturated heterocycles. The lowest BCUT2D eigenvalue weighted by Crippen LogP contribution is -2.32. The topological polar surface area (TPSA) is 41.3 Å². The van der Waals surface area contributed by atoms with E-state index in [1.165, 1.54) is 12.1 Å². The standard InChI is InChI=1S/C17H18FN2O/c1-2-3-13-20(21)17(14-7-5-4-6-8-14)19-16-11-9-15(18)10-12-16/h4-12H,2-3,13H2,1H3. The van der Waals surface area contributed by atoms with Crippen LogP contribution in [-0.4, -0.2) is 12.4 Å². The van der Waals surface area contributed by atoms with Gasteiger partial charge < -0.3 is 5.21 Å². The van der Waals surface area contributed by atoms with Crippen LogP contribution in [0.5, 0.6) is 0 Å². The number of hydrogen-bond acceptors (Lipinski definition) is 2. The largest absolute Gasteiger partial charge is 0.575 e. The predicted molar refractivity (Wildman–Crippen MR) is 84.3 cm³/mol. The van der Waals surface area contributed by atoms with Crippen molar-refractivity contribution in [2.45, 2.75) is 19.8 Å². The van der Waals surface area contributed by atoms with Gasteiger partial charge >= 0.3 is 0 Å². The van der Waals surface area contributed by atoms with E-state index in [1.54, 1.807) is 12.1 Å². The maximum Gasteiger partial charge on any atom is 0.285 e. The summed E-state index contributed by atoms with van der Waals surface area (Å²) < 4.78 is 13.0. The van der Waals surface area contributed by atoms with Gasteiger partial charge in [-0.05, 0) is 36.4 Å². The molecule has 1 radical (unpaired) electrons. The molecular formula is C17H18FN2O. The maximum atomic E-state index is 13.0. The zero-order valence-electron chi connectivity index (χ0n) is 12.0. The van der Waals surface area contributed by atoms with E-state index in [-0.39, 0.29) is 5.82 Å². The zero-order valence-corrected chi connectivity index (χ0v) is 12.0.